The monoisotopic (exact) mass is 508 g/mol. The van der Waals surface area contributed by atoms with E-state index in [1.54, 1.807) is 0 Å². The summed E-state index contributed by atoms with van der Waals surface area (Å²) in [5.41, 5.74) is 2.15. The molecule has 2 fully saturated rings. The number of carbonyl (C=O) groups excluding carboxylic acids is 1. The molecule has 1 saturated heterocycles. The van der Waals surface area contributed by atoms with Gasteiger partial charge in [0.25, 0.3) is 0 Å². The highest BCUT2D eigenvalue weighted by molar-refractivity contribution is 6.04. The van der Waals surface area contributed by atoms with Crippen molar-refractivity contribution in [3.05, 3.63) is 24.0 Å². The van der Waals surface area contributed by atoms with Crippen LogP contribution in [-0.4, -0.2) is 62.9 Å². The highest BCUT2D eigenvalue weighted by atomic mass is 16.6. The van der Waals surface area contributed by atoms with Crippen LogP contribution < -0.4 is 10.6 Å². The lowest BCUT2D eigenvalue weighted by Gasteiger charge is -2.37. The summed E-state index contributed by atoms with van der Waals surface area (Å²) < 4.78 is 11.1. The number of benzene rings is 1. The van der Waals surface area contributed by atoms with Gasteiger partial charge in [0.15, 0.2) is 5.58 Å². The van der Waals surface area contributed by atoms with Crippen LogP contribution in [0, 0.1) is 0 Å². The van der Waals surface area contributed by atoms with Gasteiger partial charge in [-0.15, -0.1) is 0 Å². The maximum absolute atomic E-state index is 12.3. The number of amides is 1. The molecule has 9 nitrogen and oxygen atoms in total. The van der Waals surface area contributed by atoms with Crippen molar-refractivity contribution in [2.75, 3.05) is 18.4 Å². The largest absolute Gasteiger partial charge is 0.444 e. The van der Waals surface area contributed by atoms with Crippen LogP contribution in [0.1, 0.15) is 84.8 Å². The smallest absolute Gasteiger partial charge is 0.410 e. The van der Waals surface area contributed by atoms with Crippen molar-refractivity contribution in [3.63, 3.8) is 0 Å². The molecule has 0 radical (unpaired) electrons. The molecule has 0 unspecified atom stereocenters. The topological polar surface area (TPSA) is 105 Å². The average molecular weight is 509 g/mol. The molecule has 200 valence electrons. The Balaban J connectivity index is 1.13. The number of likely N-dealkylation sites (tertiary alicyclic amines) is 1. The first-order chi connectivity index (χ1) is 17.7. The minimum atomic E-state index is -0.448. The zero-order valence-corrected chi connectivity index (χ0v) is 22.7. The van der Waals surface area contributed by atoms with Crippen molar-refractivity contribution in [1.82, 2.24) is 25.3 Å². The van der Waals surface area contributed by atoms with Crippen molar-refractivity contribution in [2.45, 2.75) is 103 Å². The lowest BCUT2D eigenvalue weighted by atomic mass is 9.90. The standard InChI is InChI=1S/C28H40N6O3/c1-17(2)24-23-22(37-33-24)11-6-18-16-29-26(32-25(18)23)31-20-9-7-19(8-10-20)30-21-12-14-34(15-13-21)27(35)36-28(3,4)5/h6,11,16-17,19-21,30H,7-10,12-15H2,1-5H3,(H,29,31,32). The molecule has 2 N–H and O–H groups in total. The van der Waals surface area contributed by atoms with E-state index in [2.05, 4.69) is 34.6 Å². The molecule has 3 heterocycles. The van der Waals surface area contributed by atoms with Gasteiger partial charge in [0.1, 0.15) is 5.60 Å². The molecule has 1 aliphatic heterocycles. The lowest BCUT2D eigenvalue weighted by molar-refractivity contribution is 0.0194. The first-order valence-electron chi connectivity index (χ1n) is 13.7. The predicted molar refractivity (Wildman–Crippen MR) is 145 cm³/mol. The van der Waals surface area contributed by atoms with Crippen molar-refractivity contribution >= 4 is 33.9 Å². The Bertz CT molecular complexity index is 1230. The summed E-state index contributed by atoms with van der Waals surface area (Å²) >= 11 is 0. The van der Waals surface area contributed by atoms with Gasteiger partial charge in [-0.1, -0.05) is 19.0 Å². The summed E-state index contributed by atoms with van der Waals surface area (Å²) in [5.74, 6) is 0.923. The van der Waals surface area contributed by atoms with Crippen LogP contribution in [0.2, 0.25) is 0 Å². The van der Waals surface area contributed by atoms with Crippen LogP contribution in [0.4, 0.5) is 10.7 Å². The van der Waals surface area contributed by atoms with Gasteiger partial charge in [0, 0.05) is 42.8 Å². The number of rotatable bonds is 5. The van der Waals surface area contributed by atoms with Crippen LogP contribution in [0.3, 0.4) is 0 Å². The number of nitrogens with zero attached hydrogens (tertiary/aromatic N) is 4. The van der Waals surface area contributed by atoms with E-state index >= 15 is 0 Å². The minimum Gasteiger partial charge on any atom is -0.444 e. The quantitative estimate of drug-likeness (QED) is 0.458. The Kier molecular flexibility index (Phi) is 7.25. The summed E-state index contributed by atoms with van der Waals surface area (Å²) in [6, 6.07) is 5.27. The van der Waals surface area contributed by atoms with Gasteiger partial charge in [-0.2, -0.15) is 0 Å². The van der Waals surface area contributed by atoms with Gasteiger partial charge in [0.05, 0.1) is 16.6 Å². The SMILES string of the molecule is CC(C)c1noc2ccc3cnc(NC4CCC(NC5CCN(C(=O)OC(C)(C)C)CC5)CC4)nc3c12. The van der Waals surface area contributed by atoms with Crippen molar-refractivity contribution < 1.29 is 14.1 Å². The Morgan fingerprint density at radius 1 is 1.05 bits per heavy atom. The molecule has 1 aliphatic carbocycles. The summed E-state index contributed by atoms with van der Waals surface area (Å²) in [6.07, 6.45) is 8.01. The van der Waals surface area contributed by atoms with Crippen LogP contribution >= 0.6 is 0 Å². The molecule has 2 aliphatic rings. The first-order valence-corrected chi connectivity index (χ1v) is 13.7. The fourth-order valence-corrected chi connectivity index (χ4v) is 5.49. The van der Waals surface area contributed by atoms with Crippen LogP contribution in [-0.2, 0) is 4.74 Å². The van der Waals surface area contributed by atoms with Crippen LogP contribution in [0.15, 0.2) is 22.9 Å². The molecule has 37 heavy (non-hydrogen) atoms. The molecular formula is C28H40N6O3. The molecular weight excluding hydrogens is 468 g/mol. The second-order valence-electron chi connectivity index (χ2n) is 11.9. The lowest BCUT2D eigenvalue weighted by Crippen LogP contribution is -2.49. The van der Waals surface area contributed by atoms with Gasteiger partial charge < -0.3 is 24.8 Å². The average Bonchev–Trinajstić information content (AvgIpc) is 3.30. The third-order valence-electron chi connectivity index (χ3n) is 7.44. The fourth-order valence-electron chi connectivity index (χ4n) is 5.49. The number of aromatic nitrogens is 3. The zero-order valence-electron chi connectivity index (χ0n) is 22.7. The molecule has 9 heteroatoms. The number of fused-ring (bicyclic) bond motifs is 3. The maximum Gasteiger partial charge on any atom is 0.410 e. The minimum absolute atomic E-state index is 0.196. The van der Waals surface area contributed by atoms with Crippen molar-refractivity contribution in [1.29, 1.82) is 0 Å². The Morgan fingerprint density at radius 3 is 2.41 bits per heavy atom. The van der Waals surface area contributed by atoms with E-state index in [4.69, 9.17) is 14.2 Å². The molecule has 0 atom stereocenters. The number of hydrogen-bond acceptors (Lipinski definition) is 8. The number of nitrogens with one attached hydrogen (secondary N) is 2. The van der Waals surface area contributed by atoms with Gasteiger partial charge in [-0.3, -0.25) is 0 Å². The van der Waals surface area contributed by atoms with Crippen molar-refractivity contribution in [2.24, 2.45) is 0 Å². The fraction of sp³-hybridized carbons (Fsp3) is 0.643. The summed E-state index contributed by atoms with van der Waals surface area (Å²) in [5, 5.41) is 13.7. The second kappa shape index (κ2) is 10.4. The molecule has 1 amide bonds. The number of piperidine rings is 1. The molecule has 2 aromatic heterocycles. The molecule has 0 bridgehead atoms. The Hall–Kier alpha value is -2.94. The molecule has 5 rings (SSSR count). The highest BCUT2D eigenvalue weighted by Gasteiger charge is 2.29. The van der Waals surface area contributed by atoms with Gasteiger partial charge in [-0.05, 0) is 77.3 Å². The third-order valence-corrected chi connectivity index (χ3v) is 7.44. The highest BCUT2D eigenvalue weighted by Crippen LogP contribution is 2.31. The van der Waals surface area contributed by atoms with E-state index in [0.29, 0.717) is 24.1 Å². The third kappa shape index (κ3) is 5.98. The molecule has 1 saturated carbocycles. The van der Waals surface area contributed by atoms with E-state index in [9.17, 15) is 4.79 Å². The number of hydrogen-bond donors (Lipinski definition) is 2. The van der Waals surface area contributed by atoms with E-state index in [-0.39, 0.29) is 12.0 Å². The van der Waals surface area contributed by atoms with Gasteiger partial charge in [-0.25, -0.2) is 14.8 Å². The van der Waals surface area contributed by atoms with Crippen LogP contribution in [0.5, 0.6) is 0 Å². The summed E-state index contributed by atoms with van der Waals surface area (Å²) in [4.78, 5) is 23.6. The van der Waals surface area contributed by atoms with E-state index in [1.807, 2.05) is 44.0 Å². The Labute approximate surface area is 218 Å². The predicted octanol–water partition coefficient (Wildman–Crippen LogP) is 5.61. The molecule has 0 spiro atoms. The van der Waals surface area contributed by atoms with E-state index in [0.717, 1.165) is 79.2 Å². The summed E-state index contributed by atoms with van der Waals surface area (Å²) in [7, 11) is 0. The second-order valence-corrected chi connectivity index (χ2v) is 11.9. The zero-order chi connectivity index (χ0) is 26.2. The molecule has 3 aromatic rings. The van der Waals surface area contributed by atoms with Crippen LogP contribution in [0.25, 0.3) is 21.9 Å². The number of carbonyl (C=O) groups is 1. The van der Waals surface area contributed by atoms with Crippen molar-refractivity contribution in [3.8, 4) is 0 Å². The molecule has 1 aromatic carbocycles. The first kappa shape index (κ1) is 25.7. The Morgan fingerprint density at radius 2 is 1.73 bits per heavy atom. The number of ether oxygens (including phenoxy) is 1. The van der Waals surface area contributed by atoms with E-state index in [1.165, 1.54) is 0 Å². The number of anilines is 1. The van der Waals surface area contributed by atoms with Gasteiger partial charge >= 0.3 is 6.09 Å². The maximum atomic E-state index is 12.3. The van der Waals surface area contributed by atoms with E-state index < -0.39 is 5.60 Å². The summed E-state index contributed by atoms with van der Waals surface area (Å²) in [6.45, 7) is 11.5. The van der Waals surface area contributed by atoms with Gasteiger partial charge in [0.2, 0.25) is 5.95 Å². The normalized spacial score (nSPS) is 21.6.